The zero-order valence-corrected chi connectivity index (χ0v) is 13.9. The van der Waals surface area contributed by atoms with E-state index in [1.165, 1.54) is 0 Å². The minimum atomic E-state index is -0.347. The van der Waals surface area contributed by atoms with Gasteiger partial charge in [-0.2, -0.15) is 0 Å². The number of nitrogens with one attached hydrogen (secondary N) is 1. The predicted molar refractivity (Wildman–Crippen MR) is 89.3 cm³/mol. The Morgan fingerprint density at radius 1 is 1.22 bits per heavy atom. The molecule has 7 heteroatoms. The fourth-order valence-electron chi connectivity index (χ4n) is 2.48. The molecule has 1 aromatic heterocycles. The van der Waals surface area contributed by atoms with Gasteiger partial charge in [-0.25, -0.2) is 0 Å². The lowest BCUT2D eigenvalue weighted by molar-refractivity contribution is 0.0790. The highest BCUT2D eigenvalue weighted by atomic mass is 79.9. The van der Waals surface area contributed by atoms with E-state index in [1.54, 1.807) is 41.3 Å². The van der Waals surface area contributed by atoms with E-state index in [0.29, 0.717) is 29.0 Å². The fraction of sp³-hybridized carbons (Fsp3) is 0.250. The summed E-state index contributed by atoms with van der Waals surface area (Å²) in [5, 5.41) is 2.72. The first kappa shape index (κ1) is 15.8. The Balaban J connectivity index is 1.65. The van der Waals surface area contributed by atoms with Gasteiger partial charge in [0, 0.05) is 30.4 Å². The van der Waals surface area contributed by atoms with Crippen molar-refractivity contribution < 1.29 is 14.0 Å². The third kappa shape index (κ3) is 3.62. The molecule has 2 aromatic rings. The van der Waals surface area contributed by atoms with E-state index in [1.807, 2.05) is 0 Å². The molecule has 2 heterocycles. The van der Waals surface area contributed by atoms with Crippen molar-refractivity contribution in [3.63, 3.8) is 0 Å². The molecule has 1 saturated heterocycles. The van der Waals surface area contributed by atoms with E-state index in [-0.39, 0.29) is 23.6 Å². The van der Waals surface area contributed by atoms with E-state index >= 15 is 0 Å². The third-order valence-corrected chi connectivity index (χ3v) is 4.12. The van der Waals surface area contributed by atoms with Crippen LogP contribution in [0.1, 0.15) is 27.3 Å². The van der Waals surface area contributed by atoms with Crippen LogP contribution in [0.25, 0.3) is 0 Å². The number of anilines is 1. The molecule has 1 aliphatic rings. The average molecular weight is 378 g/mol. The second-order valence-electron chi connectivity index (χ2n) is 5.44. The Hall–Kier alpha value is -2.12. The lowest BCUT2D eigenvalue weighted by Gasteiger charge is -2.16. The summed E-state index contributed by atoms with van der Waals surface area (Å²) in [6, 6.07) is 10.1. The molecule has 120 valence electrons. The van der Waals surface area contributed by atoms with E-state index in [4.69, 9.17) is 10.2 Å². The standard InChI is InChI=1S/C16H16BrN3O3/c17-14-6-5-13(23-14)15(21)19-12-3-1-10(2-4-12)16(22)20-8-7-11(18)9-20/h1-6,11H,7-9,18H2,(H,19,21)/t11-/m1/s1. The zero-order chi connectivity index (χ0) is 16.4. The van der Waals surface area contributed by atoms with Crippen molar-refractivity contribution in [3.05, 3.63) is 52.4 Å². The van der Waals surface area contributed by atoms with Crippen LogP contribution in [-0.2, 0) is 0 Å². The van der Waals surface area contributed by atoms with Gasteiger partial charge in [0.2, 0.25) is 0 Å². The van der Waals surface area contributed by atoms with Crippen LogP contribution in [0.2, 0.25) is 0 Å². The van der Waals surface area contributed by atoms with E-state index < -0.39 is 0 Å². The van der Waals surface area contributed by atoms with Crippen molar-refractivity contribution in [1.29, 1.82) is 0 Å². The number of carbonyl (C=O) groups excluding carboxylic acids is 2. The van der Waals surface area contributed by atoms with Gasteiger partial charge in [-0.05, 0) is 58.7 Å². The molecule has 1 aliphatic heterocycles. The van der Waals surface area contributed by atoms with Crippen LogP contribution in [0, 0.1) is 0 Å². The molecule has 1 atom stereocenters. The Bertz CT molecular complexity index is 726. The molecule has 3 rings (SSSR count). The number of carbonyl (C=O) groups is 2. The van der Waals surface area contributed by atoms with Gasteiger partial charge in [0.25, 0.3) is 11.8 Å². The summed E-state index contributed by atoms with van der Waals surface area (Å²) in [4.78, 5) is 26.0. The second-order valence-corrected chi connectivity index (χ2v) is 6.22. The molecule has 1 aromatic carbocycles. The maximum atomic E-state index is 12.3. The zero-order valence-electron chi connectivity index (χ0n) is 12.3. The summed E-state index contributed by atoms with van der Waals surface area (Å²) in [7, 11) is 0. The number of benzene rings is 1. The molecule has 0 radical (unpaired) electrons. The van der Waals surface area contributed by atoms with E-state index in [9.17, 15) is 9.59 Å². The number of halogens is 1. The Morgan fingerprint density at radius 3 is 2.52 bits per heavy atom. The average Bonchev–Trinajstić information content (AvgIpc) is 3.16. The fourth-order valence-corrected chi connectivity index (χ4v) is 2.79. The SMILES string of the molecule is N[C@@H]1CCN(C(=O)c2ccc(NC(=O)c3ccc(Br)o3)cc2)C1. The molecular weight excluding hydrogens is 362 g/mol. The topological polar surface area (TPSA) is 88.6 Å². The van der Waals surface area contributed by atoms with Gasteiger partial charge in [-0.1, -0.05) is 0 Å². The second kappa shape index (κ2) is 6.55. The molecule has 0 spiro atoms. The highest BCUT2D eigenvalue weighted by Gasteiger charge is 2.24. The number of nitrogens with two attached hydrogens (primary N) is 1. The van der Waals surface area contributed by atoms with Crippen molar-refractivity contribution >= 4 is 33.4 Å². The molecule has 0 bridgehead atoms. The first-order valence-corrected chi connectivity index (χ1v) is 8.04. The third-order valence-electron chi connectivity index (χ3n) is 3.70. The number of hydrogen-bond donors (Lipinski definition) is 2. The molecule has 0 aliphatic carbocycles. The monoisotopic (exact) mass is 377 g/mol. The molecule has 6 nitrogen and oxygen atoms in total. The number of amides is 2. The molecule has 3 N–H and O–H groups in total. The number of hydrogen-bond acceptors (Lipinski definition) is 4. The highest BCUT2D eigenvalue weighted by Crippen LogP contribution is 2.18. The van der Waals surface area contributed by atoms with Crippen LogP contribution in [-0.4, -0.2) is 35.8 Å². The van der Waals surface area contributed by atoms with Crippen LogP contribution in [0.5, 0.6) is 0 Å². The van der Waals surface area contributed by atoms with Gasteiger partial charge < -0.3 is 20.4 Å². The Labute approximate surface area is 141 Å². The van der Waals surface area contributed by atoms with Crippen LogP contribution < -0.4 is 11.1 Å². The van der Waals surface area contributed by atoms with Crippen LogP contribution in [0.4, 0.5) is 5.69 Å². The Kier molecular flexibility index (Phi) is 4.49. The number of likely N-dealkylation sites (tertiary alicyclic amines) is 1. The molecule has 0 unspecified atom stereocenters. The van der Waals surface area contributed by atoms with Gasteiger partial charge in [0.05, 0.1) is 0 Å². The lowest BCUT2D eigenvalue weighted by atomic mass is 10.2. The van der Waals surface area contributed by atoms with Crippen LogP contribution in [0.3, 0.4) is 0 Å². The van der Waals surface area contributed by atoms with Gasteiger partial charge in [-0.15, -0.1) is 0 Å². The molecule has 1 fully saturated rings. The van der Waals surface area contributed by atoms with Crippen molar-refractivity contribution in [2.24, 2.45) is 5.73 Å². The van der Waals surface area contributed by atoms with Crippen molar-refractivity contribution in [2.45, 2.75) is 12.5 Å². The number of rotatable bonds is 3. The van der Waals surface area contributed by atoms with Gasteiger partial charge in [0.15, 0.2) is 10.4 Å². The van der Waals surface area contributed by atoms with Gasteiger partial charge >= 0.3 is 0 Å². The minimum absolute atomic E-state index is 0.0363. The molecule has 2 amide bonds. The largest absolute Gasteiger partial charge is 0.444 e. The van der Waals surface area contributed by atoms with Crippen LogP contribution >= 0.6 is 15.9 Å². The maximum absolute atomic E-state index is 12.3. The summed E-state index contributed by atoms with van der Waals surface area (Å²) in [6.45, 7) is 1.27. The smallest absolute Gasteiger partial charge is 0.291 e. The summed E-state index contributed by atoms with van der Waals surface area (Å²) in [5.74, 6) is -0.172. The number of nitrogens with zero attached hydrogens (tertiary/aromatic N) is 1. The van der Waals surface area contributed by atoms with E-state index in [0.717, 1.165) is 6.42 Å². The normalized spacial score (nSPS) is 17.3. The maximum Gasteiger partial charge on any atom is 0.291 e. The predicted octanol–water partition coefficient (Wildman–Crippen LogP) is 2.47. The summed E-state index contributed by atoms with van der Waals surface area (Å²) in [6.07, 6.45) is 0.832. The van der Waals surface area contributed by atoms with Crippen molar-refractivity contribution in [2.75, 3.05) is 18.4 Å². The summed E-state index contributed by atoms with van der Waals surface area (Å²) >= 11 is 3.15. The van der Waals surface area contributed by atoms with Crippen LogP contribution in [0.15, 0.2) is 45.5 Å². The quantitative estimate of drug-likeness (QED) is 0.859. The van der Waals surface area contributed by atoms with Gasteiger partial charge in [0.1, 0.15) is 0 Å². The highest BCUT2D eigenvalue weighted by molar-refractivity contribution is 9.10. The van der Waals surface area contributed by atoms with Crippen molar-refractivity contribution in [3.8, 4) is 0 Å². The summed E-state index contributed by atoms with van der Waals surface area (Å²) in [5.41, 5.74) is 7.00. The van der Waals surface area contributed by atoms with Gasteiger partial charge in [-0.3, -0.25) is 9.59 Å². The molecule has 23 heavy (non-hydrogen) atoms. The van der Waals surface area contributed by atoms with E-state index in [2.05, 4.69) is 21.2 Å². The first-order chi connectivity index (χ1) is 11.0. The summed E-state index contributed by atoms with van der Waals surface area (Å²) < 4.78 is 5.68. The lowest BCUT2D eigenvalue weighted by Crippen LogP contribution is -2.31. The molecule has 0 saturated carbocycles. The number of furan rings is 1. The minimum Gasteiger partial charge on any atom is -0.444 e. The first-order valence-electron chi connectivity index (χ1n) is 7.24. The Morgan fingerprint density at radius 2 is 1.96 bits per heavy atom. The molecular formula is C16H16BrN3O3. The van der Waals surface area contributed by atoms with Crippen molar-refractivity contribution in [1.82, 2.24) is 4.90 Å².